The molecule has 0 aromatic rings. The van der Waals surface area contributed by atoms with Crippen LogP contribution in [-0.2, 0) is 19.2 Å². The van der Waals surface area contributed by atoms with E-state index in [1.54, 1.807) is 0 Å². The van der Waals surface area contributed by atoms with Crippen molar-refractivity contribution < 1.29 is 24.3 Å². The van der Waals surface area contributed by atoms with E-state index in [2.05, 4.69) is 5.32 Å². The molecule has 2 saturated heterocycles. The van der Waals surface area contributed by atoms with Gasteiger partial charge in [0.2, 0.25) is 17.7 Å². The Morgan fingerprint density at radius 2 is 1.59 bits per heavy atom. The topological polar surface area (TPSA) is 159 Å². The number of rotatable bonds is 11. The van der Waals surface area contributed by atoms with Crippen LogP contribution < -0.4 is 16.8 Å². The van der Waals surface area contributed by atoms with E-state index in [-0.39, 0.29) is 23.6 Å². The van der Waals surface area contributed by atoms with Crippen molar-refractivity contribution >= 4 is 23.7 Å². The van der Waals surface area contributed by atoms with Gasteiger partial charge in [-0.15, -0.1) is 0 Å². The summed E-state index contributed by atoms with van der Waals surface area (Å²) in [5.74, 6) is -1.78. The van der Waals surface area contributed by atoms with Gasteiger partial charge in [0.15, 0.2) is 0 Å². The van der Waals surface area contributed by atoms with Gasteiger partial charge < -0.3 is 31.7 Å². The van der Waals surface area contributed by atoms with Crippen molar-refractivity contribution in [1.82, 2.24) is 15.1 Å². The summed E-state index contributed by atoms with van der Waals surface area (Å²) in [5, 5.41) is 12.3. The molecule has 32 heavy (non-hydrogen) atoms. The lowest BCUT2D eigenvalue weighted by atomic mass is 10.0. The fourth-order valence-corrected chi connectivity index (χ4v) is 4.63. The summed E-state index contributed by atoms with van der Waals surface area (Å²) in [6.45, 7) is 5.26. The summed E-state index contributed by atoms with van der Waals surface area (Å²) in [6, 6.07) is -3.03. The van der Waals surface area contributed by atoms with Crippen LogP contribution in [0.15, 0.2) is 0 Å². The number of hydrogen-bond donors (Lipinski definition) is 4. The highest BCUT2D eigenvalue weighted by molar-refractivity contribution is 5.94. The zero-order valence-corrected chi connectivity index (χ0v) is 19.3. The van der Waals surface area contributed by atoms with E-state index < -0.39 is 30.1 Å². The molecule has 0 spiro atoms. The standard InChI is InChI=1S/C22H39N5O5/c1-14(2)13-15(24)20(29)26-11-5-8-17(26)19(28)25-16(7-3-4-10-23)21(30)27-12-6-9-18(27)22(31)32/h14-18H,3-13,23-24H2,1-2H3,(H,25,28)(H,31,32). The number of nitrogens with zero attached hydrogens (tertiary/aromatic N) is 2. The summed E-state index contributed by atoms with van der Waals surface area (Å²) in [6.07, 6.45) is 4.46. The van der Waals surface area contributed by atoms with Crippen LogP contribution in [0.2, 0.25) is 0 Å². The first-order valence-corrected chi connectivity index (χ1v) is 11.8. The fraction of sp³-hybridized carbons (Fsp3) is 0.818. The fourth-order valence-electron chi connectivity index (χ4n) is 4.63. The number of carboxylic acids is 1. The number of unbranched alkanes of at least 4 members (excludes halogenated alkanes) is 1. The molecule has 2 aliphatic rings. The Labute approximate surface area is 190 Å². The maximum Gasteiger partial charge on any atom is 0.326 e. The molecule has 0 radical (unpaired) electrons. The van der Waals surface area contributed by atoms with E-state index in [1.807, 2.05) is 13.8 Å². The average molecular weight is 454 g/mol. The van der Waals surface area contributed by atoms with Crippen LogP contribution in [-0.4, -0.2) is 82.4 Å². The van der Waals surface area contributed by atoms with Crippen molar-refractivity contribution in [2.45, 2.75) is 89.4 Å². The van der Waals surface area contributed by atoms with Crippen LogP contribution in [0.1, 0.15) is 65.2 Å². The Hall–Kier alpha value is -2.20. The number of nitrogens with one attached hydrogen (secondary N) is 1. The first-order valence-electron chi connectivity index (χ1n) is 11.8. The molecule has 0 aliphatic carbocycles. The number of nitrogens with two attached hydrogens (primary N) is 2. The lowest BCUT2D eigenvalue weighted by Gasteiger charge is -2.31. The third-order valence-corrected chi connectivity index (χ3v) is 6.26. The van der Waals surface area contributed by atoms with Crippen LogP contribution >= 0.6 is 0 Å². The molecule has 4 unspecified atom stereocenters. The first-order chi connectivity index (χ1) is 15.2. The minimum atomic E-state index is -1.03. The van der Waals surface area contributed by atoms with Gasteiger partial charge in [0.25, 0.3) is 0 Å². The van der Waals surface area contributed by atoms with Gasteiger partial charge >= 0.3 is 5.97 Å². The molecule has 2 rings (SSSR count). The van der Waals surface area contributed by atoms with Gasteiger partial charge in [-0.3, -0.25) is 14.4 Å². The van der Waals surface area contributed by atoms with E-state index in [1.165, 1.54) is 9.80 Å². The van der Waals surface area contributed by atoms with Crippen LogP contribution in [0.25, 0.3) is 0 Å². The molecular weight excluding hydrogens is 414 g/mol. The first kappa shape index (κ1) is 26.1. The summed E-state index contributed by atoms with van der Waals surface area (Å²) in [7, 11) is 0. The smallest absolute Gasteiger partial charge is 0.326 e. The van der Waals surface area contributed by atoms with E-state index in [4.69, 9.17) is 11.5 Å². The van der Waals surface area contributed by atoms with Crippen LogP contribution in [0.4, 0.5) is 0 Å². The van der Waals surface area contributed by atoms with Crippen molar-refractivity contribution in [3.05, 3.63) is 0 Å². The number of carbonyl (C=O) groups excluding carboxylic acids is 3. The maximum atomic E-state index is 13.2. The highest BCUT2D eigenvalue weighted by atomic mass is 16.4. The van der Waals surface area contributed by atoms with Gasteiger partial charge in [0, 0.05) is 13.1 Å². The second-order valence-electron chi connectivity index (χ2n) is 9.30. The van der Waals surface area contributed by atoms with Crippen LogP contribution in [0.5, 0.6) is 0 Å². The second-order valence-corrected chi connectivity index (χ2v) is 9.30. The lowest BCUT2D eigenvalue weighted by Crippen LogP contribution is -2.56. The van der Waals surface area contributed by atoms with Gasteiger partial charge in [0.1, 0.15) is 18.1 Å². The Morgan fingerprint density at radius 3 is 2.16 bits per heavy atom. The predicted octanol–water partition coefficient (Wildman–Crippen LogP) is 0.0402. The summed E-state index contributed by atoms with van der Waals surface area (Å²) in [5.41, 5.74) is 11.6. The van der Waals surface area contributed by atoms with Gasteiger partial charge in [0.05, 0.1) is 6.04 Å². The molecular formula is C22H39N5O5. The van der Waals surface area contributed by atoms with Crippen LogP contribution in [0, 0.1) is 5.92 Å². The minimum absolute atomic E-state index is 0.243. The molecule has 182 valence electrons. The molecule has 2 fully saturated rings. The van der Waals surface area contributed by atoms with Crippen molar-refractivity contribution in [3.63, 3.8) is 0 Å². The molecule has 0 aromatic carbocycles. The number of likely N-dealkylation sites (tertiary alicyclic amines) is 2. The van der Waals surface area contributed by atoms with E-state index in [9.17, 15) is 24.3 Å². The van der Waals surface area contributed by atoms with Crippen molar-refractivity contribution in [2.75, 3.05) is 19.6 Å². The van der Waals surface area contributed by atoms with Crippen LogP contribution in [0.3, 0.4) is 0 Å². The third-order valence-electron chi connectivity index (χ3n) is 6.26. The second kappa shape index (κ2) is 12.2. The maximum absolute atomic E-state index is 13.2. The normalized spacial score (nSPS) is 22.8. The Bertz CT molecular complexity index is 686. The molecule has 6 N–H and O–H groups in total. The molecule has 3 amide bonds. The molecule has 10 nitrogen and oxygen atoms in total. The summed E-state index contributed by atoms with van der Waals surface area (Å²) in [4.78, 5) is 53.5. The molecule has 2 heterocycles. The Kier molecular flexibility index (Phi) is 9.89. The zero-order chi connectivity index (χ0) is 23.8. The predicted molar refractivity (Wildman–Crippen MR) is 119 cm³/mol. The van der Waals surface area contributed by atoms with E-state index in [0.29, 0.717) is 71.0 Å². The monoisotopic (exact) mass is 453 g/mol. The van der Waals surface area contributed by atoms with E-state index in [0.717, 1.165) is 0 Å². The molecule has 2 aliphatic heterocycles. The molecule has 0 bridgehead atoms. The largest absolute Gasteiger partial charge is 0.480 e. The SMILES string of the molecule is CC(C)CC(N)C(=O)N1CCCC1C(=O)NC(CCCCN)C(=O)N1CCCC1C(=O)O. The molecule has 0 aromatic heterocycles. The zero-order valence-electron chi connectivity index (χ0n) is 19.3. The molecule has 4 atom stereocenters. The van der Waals surface area contributed by atoms with Gasteiger partial charge in [-0.05, 0) is 63.8 Å². The number of amides is 3. The summed E-state index contributed by atoms with van der Waals surface area (Å²) >= 11 is 0. The quantitative estimate of drug-likeness (QED) is 0.321. The van der Waals surface area contributed by atoms with Gasteiger partial charge in [-0.2, -0.15) is 0 Å². The van der Waals surface area contributed by atoms with Gasteiger partial charge in [-0.25, -0.2) is 4.79 Å². The molecule has 0 saturated carbocycles. The van der Waals surface area contributed by atoms with Gasteiger partial charge in [-0.1, -0.05) is 13.8 Å². The number of aliphatic carboxylic acids is 1. The summed E-state index contributed by atoms with van der Waals surface area (Å²) < 4.78 is 0. The average Bonchev–Trinajstić information content (AvgIpc) is 3.41. The van der Waals surface area contributed by atoms with Crippen molar-refractivity contribution in [2.24, 2.45) is 17.4 Å². The number of carboxylic acid groups (broad SMARTS) is 1. The Morgan fingerprint density at radius 1 is 1.00 bits per heavy atom. The third kappa shape index (κ3) is 6.65. The van der Waals surface area contributed by atoms with E-state index >= 15 is 0 Å². The number of hydrogen-bond acceptors (Lipinski definition) is 6. The lowest BCUT2D eigenvalue weighted by molar-refractivity contribution is -0.150. The highest BCUT2D eigenvalue weighted by Crippen LogP contribution is 2.22. The minimum Gasteiger partial charge on any atom is -0.480 e. The number of carbonyl (C=O) groups is 4. The highest BCUT2D eigenvalue weighted by Gasteiger charge is 2.40. The van der Waals surface area contributed by atoms with Crippen molar-refractivity contribution in [1.29, 1.82) is 0 Å². The Balaban J connectivity index is 2.10. The van der Waals surface area contributed by atoms with Crippen molar-refractivity contribution in [3.8, 4) is 0 Å². The molecule has 10 heteroatoms.